The van der Waals surface area contributed by atoms with E-state index in [1.54, 1.807) is 6.07 Å². The molecule has 3 atom stereocenters. The van der Waals surface area contributed by atoms with E-state index in [1.165, 1.54) is 6.07 Å². The van der Waals surface area contributed by atoms with Gasteiger partial charge < -0.3 is 5.11 Å². The Bertz CT molecular complexity index is 445. The molecule has 1 aromatic rings. The van der Waals surface area contributed by atoms with Gasteiger partial charge in [-0.15, -0.1) is 0 Å². The van der Waals surface area contributed by atoms with Crippen molar-refractivity contribution in [1.29, 1.82) is 0 Å². The molecular weight excluding hydrogens is 265 g/mol. The third kappa shape index (κ3) is 3.54. The van der Waals surface area contributed by atoms with Crippen LogP contribution in [0.5, 0.6) is 0 Å². The molecule has 2 rings (SSSR count). The highest BCUT2D eigenvalue weighted by Gasteiger charge is 2.33. The number of halogens is 3. The molecule has 0 radical (unpaired) electrons. The number of hydrogen-bond acceptors (Lipinski definition) is 1. The predicted molar refractivity (Wildman–Crippen MR) is 72.1 cm³/mol. The van der Waals surface area contributed by atoms with Crippen molar-refractivity contribution in [3.8, 4) is 0 Å². The van der Waals surface area contributed by atoms with Gasteiger partial charge in [0.05, 0.1) is 11.7 Å². The Balaban J connectivity index is 2.18. The van der Waals surface area contributed by atoms with Gasteiger partial charge in [-0.2, -0.15) is 13.2 Å². The SMILES string of the molecule is CC1CC(C)CC(C(O)c2cccc(C(F)(F)F)c2)C1. The predicted octanol–water partition coefficient (Wildman–Crippen LogP) is 4.81. The maximum atomic E-state index is 12.7. The number of aliphatic hydroxyl groups is 1. The van der Waals surface area contributed by atoms with Crippen LogP contribution in [0, 0.1) is 17.8 Å². The zero-order valence-electron chi connectivity index (χ0n) is 11.8. The van der Waals surface area contributed by atoms with Gasteiger partial charge in [-0.3, -0.25) is 0 Å². The lowest BCUT2D eigenvalue weighted by molar-refractivity contribution is -0.137. The first-order chi connectivity index (χ1) is 9.27. The van der Waals surface area contributed by atoms with Crippen LogP contribution < -0.4 is 0 Å². The van der Waals surface area contributed by atoms with Gasteiger partial charge in [0.1, 0.15) is 0 Å². The van der Waals surface area contributed by atoms with Gasteiger partial charge in [-0.05, 0) is 54.7 Å². The third-order valence-electron chi connectivity index (χ3n) is 4.22. The number of alkyl halides is 3. The van der Waals surface area contributed by atoms with Crippen LogP contribution in [0.1, 0.15) is 50.3 Å². The second kappa shape index (κ2) is 5.76. The maximum Gasteiger partial charge on any atom is 0.416 e. The van der Waals surface area contributed by atoms with Crippen molar-refractivity contribution in [2.45, 2.75) is 45.4 Å². The molecule has 4 heteroatoms. The summed E-state index contributed by atoms with van der Waals surface area (Å²) in [5.41, 5.74) is -0.308. The Morgan fingerprint density at radius 2 is 1.70 bits per heavy atom. The molecule has 0 aromatic heterocycles. The van der Waals surface area contributed by atoms with E-state index >= 15 is 0 Å². The van der Waals surface area contributed by atoms with E-state index in [0.29, 0.717) is 17.4 Å². The number of hydrogen-bond donors (Lipinski definition) is 1. The highest BCUT2D eigenvalue weighted by molar-refractivity contribution is 5.27. The van der Waals surface area contributed by atoms with Gasteiger partial charge in [0, 0.05) is 0 Å². The standard InChI is InChI=1S/C16H21F3O/c1-10-6-11(2)8-13(7-10)15(20)12-4-3-5-14(9-12)16(17,18)19/h3-5,9-11,13,15,20H,6-8H2,1-2H3. The molecule has 0 amide bonds. The lowest BCUT2D eigenvalue weighted by Crippen LogP contribution is -2.24. The topological polar surface area (TPSA) is 20.2 Å². The average molecular weight is 286 g/mol. The van der Waals surface area contributed by atoms with Gasteiger partial charge in [0.15, 0.2) is 0 Å². The summed E-state index contributed by atoms with van der Waals surface area (Å²) in [6, 6.07) is 5.08. The van der Waals surface area contributed by atoms with E-state index in [2.05, 4.69) is 13.8 Å². The van der Waals surface area contributed by atoms with Crippen molar-refractivity contribution in [3.63, 3.8) is 0 Å². The molecule has 0 spiro atoms. The van der Waals surface area contributed by atoms with Gasteiger partial charge >= 0.3 is 6.18 Å². The Labute approximate surface area is 117 Å². The van der Waals surface area contributed by atoms with E-state index < -0.39 is 17.8 Å². The summed E-state index contributed by atoms with van der Waals surface area (Å²) in [5, 5.41) is 10.4. The fourth-order valence-corrected chi connectivity index (χ4v) is 3.44. The molecular formula is C16H21F3O. The van der Waals surface area contributed by atoms with Crippen molar-refractivity contribution >= 4 is 0 Å². The van der Waals surface area contributed by atoms with Crippen molar-refractivity contribution in [2.24, 2.45) is 17.8 Å². The highest BCUT2D eigenvalue weighted by atomic mass is 19.4. The summed E-state index contributed by atoms with van der Waals surface area (Å²) in [7, 11) is 0. The van der Waals surface area contributed by atoms with Crippen LogP contribution >= 0.6 is 0 Å². The second-order valence-corrected chi connectivity index (χ2v) is 6.25. The molecule has 0 heterocycles. The molecule has 1 fully saturated rings. The van der Waals surface area contributed by atoms with Gasteiger partial charge in [0.2, 0.25) is 0 Å². The zero-order chi connectivity index (χ0) is 14.9. The molecule has 1 nitrogen and oxygen atoms in total. The van der Waals surface area contributed by atoms with Crippen LogP contribution in [0.4, 0.5) is 13.2 Å². The molecule has 20 heavy (non-hydrogen) atoms. The number of benzene rings is 1. The molecule has 1 aliphatic rings. The molecule has 0 saturated heterocycles. The summed E-state index contributed by atoms with van der Waals surface area (Å²) >= 11 is 0. The van der Waals surface area contributed by atoms with Crippen LogP contribution in [-0.2, 0) is 6.18 Å². The summed E-state index contributed by atoms with van der Waals surface area (Å²) < 4.78 is 38.1. The van der Waals surface area contributed by atoms with E-state index in [-0.39, 0.29) is 5.92 Å². The fourth-order valence-electron chi connectivity index (χ4n) is 3.44. The first-order valence-corrected chi connectivity index (χ1v) is 7.12. The Kier molecular flexibility index (Phi) is 4.43. The van der Waals surface area contributed by atoms with E-state index in [9.17, 15) is 18.3 Å². The van der Waals surface area contributed by atoms with Gasteiger partial charge in [-0.25, -0.2) is 0 Å². The molecule has 1 aliphatic carbocycles. The van der Waals surface area contributed by atoms with Crippen molar-refractivity contribution in [2.75, 3.05) is 0 Å². The number of aliphatic hydroxyl groups excluding tert-OH is 1. The highest BCUT2D eigenvalue weighted by Crippen LogP contribution is 2.40. The minimum absolute atomic E-state index is 0.0530. The van der Waals surface area contributed by atoms with E-state index in [1.807, 2.05) is 0 Å². The fraction of sp³-hybridized carbons (Fsp3) is 0.625. The van der Waals surface area contributed by atoms with Crippen LogP contribution in [-0.4, -0.2) is 5.11 Å². The lowest BCUT2D eigenvalue weighted by Gasteiger charge is -2.34. The van der Waals surface area contributed by atoms with Gasteiger partial charge in [-0.1, -0.05) is 26.0 Å². The maximum absolute atomic E-state index is 12.7. The summed E-state index contributed by atoms with van der Waals surface area (Å²) in [5.74, 6) is 1.09. The first kappa shape index (κ1) is 15.4. The monoisotopic (exact) mass is 286 g/mol. The third-order valence-corrected chi connectivity index (χ3v) is 4.22. The Hall–Kier alpha value is -1.03. The van der Waals surface area contributed by atoms with Crippen LogP contribution in [0.3, 0.4) is 0 Å². The van der Waals surface area contributed by atoms with Crippen LogP contribution in [0.2, 0.25) is 0 Å². The molecule has 1 N–H and O–H groups in total. The number of rotatable bonds is 2. The van der Waals surface area contributed by atoms with Gasteiger partial charge in [0.25, 0.3) is 0 Å². The molecule has 0 aliphatic heterocycles. The Morgan fingerprint density at radius 1 is 1.10 bits per heavy atom. The molecule has 1 aromatic carbocycles. The van der Waals surface area contributed by atoms with Crippen molar-refractivity contribution in [1.82, 2.24) is 0 Å². The average Bonchev–Trinajstić information content (AvgIpc) is 2.36. The van der Waals surface area contributed by atoms with Crippen LogP contribution in [0.25, 0.3) is 0 Å². The Morgan fingerprint density at radius 3 is 2.25 bits per heavy atom. The quantitative estimate of drug-likeness (QED) is 0.827. The summed E-state index contributed by atoms with van der Waals surface area (Å²) in [6.07, 6.45) is -2.28. The summed E-state index contributed by atoms with van der Waals surface area (Å²) in [4.78, 5) is 0. The molecule has 3 unspecified atom stereocenters. The molecule has 0 bridgehead atoms. The van der Waals surface area contributed by atoms with Crippen LogP contribution in [0.15, 0.2) is 24.3 Å². The minimum atomic E-state index is -4.36. The van der Waals surface area contributed by atoms with E-state index in [4.69, 9.17) is 0 Å². The van der Waals surface area contributed by atoms with Crippen molar-refractivity contribution < 1.29 is 18.3 Å². The minimum Gasteiger partial charge on any atom is -0.388 e. The smallest absolute Gasteiger partial charge is 0.388 e. The molecule has 112 valence electrons. The zero-order valence-corrected chi connectivity index (χ0v) is 11.8. The summed E-state index contributed by atoms with van der Waals surface area (Å²) in [6.45, 7) is 4.28. The van der Waals surface area contributed by atoms with E-state index in [0.717, 1.165) is 31.4 Å². The second-order valence-electron chi connectivity index (χ2n) is 6.25. The first-order valence-electron chi connectivity index (χ1n) is 7.12. The largest absolute Gasteiger partial charge is 0.416 e. The normalized spacial score (nSPS) is 29.2. The van der Waals surface area contributed by atoms with Crippen molar-refractivity contribution in [3.05, 3.63) is 35.4 Å². The lowest BCUT2D eigenvalue weighted by atomic mass is 9.73. The molecule has 1 saturated carbocycles.